The second-order valence-corrected chi connectivity index (χ2v) is 15.1. The molecule has 0 aliphatic carbocycles. The Morgan fingerprint density at radius 3 is 1.55 bits per heavy atom. The third-order valence-corrected chi connectivity index (χ3v) is 10.9. The third-order valence-electron chi connectivity index (χ3n) is 8.70. The lowest BCUT2D eigenvalue weighted by Gasteiger charge is -2.37. The number of nitrogens with zero attached hydrogens (tertiary/aromatic N) is 7. The van der Waals surface area contributed by atoms with E-state index < -0.39 is 0 Å². The van der Waals surface area contributed by atoms with E-state index in [9.17, 15) is 5.26 Å². The first-order valence-corrected chi connectivity index (χ1v) is 17.8. The van der Waals surface area contributed by atoms with Crippen LogP contribution in [0.5, 0.6) is 0 Å². The highest BCUT2D eigenvalue weighted by atomic mass is 79.9. The molecule has 0 atom stereocenters. The molecule has 4 heterocycles. The Morgan fingerprint density at radius 1 is 0.694 bits per heavy atom. The van der Waals surface area contributed by atoms with Gasteiger partial charge in [-0.05, 0) is 67.6 Å². The summed E-state index contributed by atoms with van der Waals surface area (Å²) in [4.78, 5) is 22.1. The van der Waals surface area contributed by atoms with Gasteiger partial charge in [-0.15, -0.1) is 0 Å². The molecule has 0 saturated carbocycles. The van der Waals surface area contributed by atoms with Crippen LogP contribution in [0.2, 0.25) is 20.1 Å². The highest BCUT2D eigenvalue weighted by molar-refractivity contribution is 9.10. The van der Waals surface area contributed by atoms with Gasteiger partial charge in [0.05, 0.1) is 20.1 Å². The first-order valence-electron chi connectivity index (χ1n) is 15.5. The fourth-order valence-electron chi connectivity index (χ4n) is 5.58. The van der Waals surface area contributed by atoms with Gasteiger partial charge in [-0.1, -0.05) is 70.7 Å². The van der Waals surface area contributed by atoms with Crippen LogP contribution in [0.3, 0.4) is 0 Å². The van der Waals surface area contributed by atoms with Crippen molar-refractivity contribution in [3.63, 3.8) is 0 Å². The summed E-state index contributed by atoms with van der Waals surface area (Å²) in [6.45, 7) is 7.14. The van der Waals surface area contributed by atoms with Crippen LogP contribution in [0.25, 0.3) is 22.5 Å². The maximum absolute atomic E-state index is 9.53. The van der Waals surface area contributed by atoms with Gasteiger partial charge in [-0.2, -0.15) is 5.26 Å². The minimum Gasteiger partial charge on any atom is -0.382 e. The van der Waals surface area contributed by atoms with E-state index in [0.29, 0.717) is 71.9 Å². The van der Waals surface area contributed by atoms with Crippen LogP contribution < -0.4 is 32.7 Å². The molecule has 49 heavy (non-hydrogen) atoms. The van der Waals surface area contributed by atoms with Gasteiger partial charge >= 0.3 is 0 Å². The third kappa shape index (κ3) is 8.43. The van der Waals surface area contributed by atoms with Crippen LogP contribution in [0, 0.1) is 11.3 Å². The molecule has 16 heteroatoms. The molecule has 2 saturated heterocycles. The molecule has 8 N–H and O–H groups in total. The van der Waals surface area contributed by atoms with E-state index in [1.807, 2.05) is 17.9 Å². The summed E-state index contributed by atoms with van der Waals surface area (Å²) in [5, 5.41) is 11.1. The van der Waals surface area contributed by atoms with Crippen LogP contribution in [0.4, 0.5) is 23.3 Å². The zero-order chi connectivity index (χ0) is 35.7. The number of hydrogen-bond donors (Lipinski definition) is 4. The Labute approximate surface area is 314 Å². The van der Waals surface area contributed by atoms with Crippen molar-refractivity contribution in [3.8, 4) is 28.6 Å². The number of nitrogen functional groups attached to an aromatic ring is 2. The Morgan fingerprint density at radius 2 is 1.10 bits per heavy atom. The number of aromatic nitrogens is 4. The average molecular weight is 808 g/mol. The zero-order valence-electron chi connectivity index (χ0n) is 27.0. The molecular weight excluding hydrogens is 772 g/mol. The van der Waals surface area contributed by atoms with Gasteiger partial charge in [-0.3, -0.25) is 0 Å². The Kier molecular flexibility index (Phi) is 11.4. The van der Waals surface area contributed by atoms with Gasteiger partial charge in [-0.25, -0.2) is 19.9 Å². The number of anilines is 4. The maximum atomic E-state index is 9.53. The zero-order valence-corrected chi connectivity index (χ0v) is 31.6. The van der Waals surface area contributed by atoms with E-state index in [2.05, 4.69) is 53.8 Å². The molecular formula is C33H36BrCl4N11. The second kappa shape index (κ2) is 15.0. The van der Waals surface area contributed by atoms with Crippen molar-refractivity contribution in [1.29, 1.82) is 5.26 Å². The quantitative estimate of drug-likeness (QED) is 0.162. The predicted molar refractivity (Wildman–Crippen MR) is 204 cm³/mol. The van der Waals surface area contributed by atoms with Gasteiger partial charge in [0.25, 0.3) is 0 Å². The Bertz CT molecular complexity index is 1890. The molecule has 258 valence electrons. The van der Waals surface area contributed by atoms with E-state index in [-0.39, 0.29) is 22.6 Å². The SMILES string of the molecule is CC1(N)CCN(c2nc(N)c(-c3cccc(Cl)c3Cl)nc2Br)CC1.CC1(N)CCN(c2nc(N)c(-c3cccc(Cl)c3Cl)nc2C#N)CC1. The first kappa shape index (κ1) is 37.1. The molecule has 11 nitrogen and oxygen atoms in total. The van der Waals surface area contributed by atoms with Crippen LogP contribution in [0.1, 0.15) is 45.2 Å². The van der Waals surface area contributed by atoms with Crippen LogP contribution in [0.15, 0.2) is 41.0 Å². The number of nitrogens with two attached hydrogens (primary N) is 4. The highest BCUT2D eigenvalue weighted by Gasteiger charge is 2.30. The molecule has 0 spiro atoms. The lowest BCUT2D eigenvalue weighted by molar-refractivity contribution is 0.362. The number of hydrogen-bond acceptors (Lipinski definition) is 11. The maximum Gasteiger partial charge on any atom is 0.183 e. The minimum atomic E-state index is -0.198. The van der Waals surface area contributed by atoms with Crippen molar-refractivity contribution in [2.24, 2.45) is 11.5 Å². The summed E-state index contributed by atoms with van der Waals surface area (Å²) in [5.41, 5.74) is 26.6. The molecule has 0 bridgehead atoms. The second-order valence-electron chi connectivity index (χ2n) is 12.8. The van der Waals surface area contributed by atoms with Crippen molar-refractivity contribution in [1.82, 2.24) is 19.9 Å². The minimum absolute atomic E-state index is 0.129. The Hall–Kier alpha value is -3.15. The van der Waals surface area contributed by atoms with Gasteiger partial charge in [0.15, 0.2) is 29.0 Å². The monoisotopic (exact) mass is 805 g/mol. The summed E-state index contributed by atoms with van der Waals surface area (Å²) >= 11 is 28.2. The van der Waals surface area contributed by atoms with Crippen molar-refractivity contribution in [2.75, 3.05) is 47.4 Å². The van der Waals surface area contributed by atoms with E-state index in [1.54, 1.807) is 30.3 Å². The number of nitriles is 1. The van der Waals surface area contributed by atoms with Crippen molar-refractivity contribution >= 4 is 85.6 Å². The standard InChI is InChI=1S/C17H18Cl2N6.C16H18BrCl2N5/c1-17(22)5-7-25(8-6-17)16-12(9-20)23-14(15(21)24-16)10-3-2-4-11(18)13(10)19;1-16(21)5-7-24(8-6-16)15-13(17)22-12(14(20)23-15)9-3-2-4-10(18)11(9)19/h2-4H,5-8,22H2,1H3,(H2,21,24);2-4H,5-8,21H2,1H3,(H2,20,23). The Balaban J connectivity index is 0.000000191. The van der Waals surface area contributed by atoms with Crippen LogP contribution in [-0.2, 0) is 0 Å². The molecule has 2 aromatic heterocycles. The van der Waals surface area contributed by atoms with Gasteiger partial charge in [0.1, 0.15) is 22.1 Å². The average Bonchev–Trinajstić information content (AvgIpc) is 3.05. The smallest absolute Gasteiger partial charge is 0.183 e. The topological polar surface area (TPSA) is 186 Å². The van der Waals surface area contributed by atoms with E-state index >= 15 is 0 Å². The van der Waals surface area contributed by atoms with Gasteiger partial charge in [0.2, 0.25) is 0 Å². The van der Waals surface area contributed by atoms with E-state index in [0.717, 1.165) is 44.6 Å². The van der Waals surface area contributed by atoms with Crippen molar-refractivity contribution in [2.45, 2.75) is 50.6 Å². The van der Waals surface area contributed by atoms with Crippen LogP contribution >= 0.6 is 62.3 Å². The molecule has 0 unspecified atom stereocenters. The molecule has 2 aromatic carbocycles. The summed E-state index contributed by atoms with van der Waals surface area (Å²) < 4.78 is 0.628. The molecule has 2 aliphatic heterocycles. The van der Waals surface area contributed by atoms with Crippen molar-refractivity contribution < 1.29 is 0 Å². The van der Waals surface area contributed by atoms with Crippen molar-refractivity contribution in [3.05, 3.63) is 66.8 Å². The largest absolute Gasteiger partial charge is 0.382 e. The van der Waals surface area contributed by atoms with E-state index in [1.165, 1.54) is 0 Å². The number of benzene rings is 2. The summed E-state index contributed by atoms with van der Waals surface area (Å²) in [7, 11) is 0. The normalized spacial score (nSPS) is 16.8. The molecule has 0 radical (unpaired) electrons. The summed E-state index contributed by atoms with van der Waals surface area (Å²) in [6, 6.07) is 12.6. The number of halogens is 5. The molecule has 6 rings (SSSR count). The first-order chi connectivity index (χ1) is 23.1. The molecule has 2 aliphatic rings. The summed E-state index contributed by atoms with van der Waals surface area (Å²) in [5.74, 6) is 1.74. The molecule has 4 aromatic rings. The van der Waals surface area contributed by atoms with Gasteiger partial charge < -0.3 is 32.7 Å². The number of piperidine rings is 2. The fraction of sp³-hybridized carbons (Fsp3) is 0.364. The fourth-order valence-corrected chi connectivity index (χ4v) is 6.88. The van der Waals surface area contributed by atoms with Gasteiger partial charge in [0, 0.05) is 48.4 Å². The van der Waals surface area contributed by atoms with E-state index in [4.69, 9.17) is 69.3 Å². The number of rotatable bonds is 4. The predicted octanol–water partition coefficient (Wildman–Crippen LogP) is 7.33. The lowest BCUT2D eigenvalue weighted by Crippen LogP contribution is -2.48. The summed E-state index contributed by atoms with van der Waals surface area (Å²) in [6.07, 6.45) is 3.40. The highest BCUT2D eigenvalue weighted by Crippen LogP contribution is 2.39. The molecule has 2 fully saturated rings. The lowest BCUT2D eigenvalue weighted by atomic mass is 9.91. The molecule has 0 amide bonds. The van der Waals surface area contributed by atoms with Crippen LogP contribution in [-0.4, -0.2) is 57.2 Å².